The van der Waals surface area contributed by atoms with Crippen LogP contribution >= 0.6 is 7.82 Å². The number of hydrogen-bond donors (Lipinski definition) is 0. The molecule has 0 amide bonds. The van der Waals surface area contributed by atoms with Gasteiger partial charge in [-0.05, 0) is 109 Å². The SMILES string of the molecule is CC/C=C\C/C=C\C/C=C\C/C=C\C/C=C\C/C=C\C/C=C\C/C=C\C/C=C\CCCCCCCCCCCC(=O)OC(COC(=O)CCCCCCCCCCCCCCCCCCCCC/C=C\CCCCCCCCCC)COP(=O)([O-])OCC[N+](C)(C)C. The molecule has 0 N–H and O–H groups in total. The number of nitrogens with zero attached hydrogens (tertiary/aromatic N) is 1. The molecule has 0 radical (unpaired) electrons. The number of likely N-dealkylation sites (N-methyl/N-ethyl adjacent to an activating group) is 1. The predicted octanol–water partition coefficient (Wildman–Crippen LogP) is 24.8. The maximum absolute atomic E-state index is 12.9. The highest BCUT2D eigenvalue weighted by Gasteiger charge is 2.22. The van der Waals surface area contributed by atoms with Crippen LogP contribution in [0, 0.1) is 0 Å². The van der Waals surface area contributed by atoms with Gasteiger partial charge < -0.3 is 27.9 Å². The summed E-state index contributed by atoms with van der Waals surface area (Å²) in [5.74, 6) is -0.834. The third-order valence-corrected chi connectivity index (χ3v) is 17.4. The molecule has 0 fully saturated rings. The Labute approximate surface area is 568 Å². The Balaban J connectivity index is 4.05. The molecule has 10 heteroatoms. The Morgan fingerprint density at radius 2 is 0.620 bits per heavy atom. The summed E-state index contributed by atoms with van der Waals surface area (Å²) in [5.41, 5.74) is 0. The number of quaternary nitrogens is 1. The van der Waals surface area contributed by atoms with Crippen LogP contribution in [0.15, 0.2) is 122 Å². The van der Waals surface area contributed by atoms with Gasteiger partial charge in [0.2, 0.25) is 0 Å². The van der Waals surface area contributed by atoms with Crippen molar-refractivity contribution in [2.24, 2.45) is 0 Å². The molecule has 92 heavy (non-hydrogen) atoms. The van der Waals surface area contributed by atoms with Crippen molar-refractivity contribution in [2.45, 2.75) is 341 Å². The average molecular weight is 1300 g/mol. The van der Waals surface area contributed by atoms with Crippen molar-refractivity contribution >= 4 is 19.8 Å². The van der Waals surface area contributed by atoms with E-state index in [-0.39, 0.29) is 32.0 Å². The molecule has 0 aliphatic heterocycles. The molecular weight excluding hydrogens is 1160 g/mol. The first-order chi connectivity index (χ1) is 45.0. The molecule has 530 valence electrons. The Bertz CT molecular complexity index is 1970. The van der Waals surface area contributed by atoms with Gasteiger partial charge in [-0.15, -0.1) is 0 Å². The van der Waals surface area contributed by atoms with E-state index in [2.05, 4.69) is 135 Å². The largest absolute Gasteiger partial charge is 0.756 e. The Morgan fingerprint density at radius 3 is 0.935 bits per heavy atom. The fraction of sp³-hybridized carbons (Fsp3) is 0.732. The van der Waals surface area contributed by atoms with Crippen LogP contribution in [0.5, 0.6) is 0 Å². The zero-order valence-corrected chi connectivity index (χ0v) is 61.4. The highest BCUT2D eigenvalue weighted by Crippen LogP contribution is 2.38. The van der Waals surface area contributed by atoms with Gasteiger partial charge in [-0.3, -0.25) is 14.2 Å². The second kappa shape index (κ2) is 71.7. The van der Waals surface area contributed by atoms with Gasteiger partial charge in [-0.2, -0.15) is 0 Å². The summed E-state index contributed by atoms with van der Waals surface area (Å²) in [6.07, 6.45) is 103. The van der Waals surface area contributed by atoms with E-state index in [9.17, 15) is 19.0 Å². The third-order valence-electron chi connectivity index (χ3n) is 16.5. The van der Waals surface area contributed by atoms with E-state index in [0.717, 1.165) is 103 Å². The minimum absolute atomic E-state index is 0.0359. The summed E-state index contributed by atoms with van der Waals surface area (Å²) in [7, 11) is 1.16. The Kier molecular flexibility index (Phi) is 68.9. The van der Waals surface area contributed by atoms with Gasteiger partial charge in [0.25, 0.3) is 7.82 Å². The molecule has 0 bridgehead atoms. The summed E-state index contributed by atoms with van der Waals surface area (Å²) < 4.78 is 34.4. The van der Waals surface area contributed by atoms with Crippen molar-refractivity contribution < 1.29 is 42.1 Å². The van der Waals surface area contributed by atoms with E-state index in [1.165, 1.54) is 199 Å². The van der Waals surface area contributed by atoms with E-state index in [1.807, 2.05) is 21.1 Å². The maximum Gasteiger partial charge on any atom is 0.306 e. The quantitative estimate of drug-likeness (QED) is 0.0195. The van der Waals surface area contributed by atoms with Crippen LogP contribution in [0.25, 0.3) is 0 Å². The minimum Gasteiger partial charge on any atom is -0.756 e. The lowest BCUT2D eigenvalue weighted by atomic mass is 10.0. The summed E-state index contributed by atoms with van der Waals surface area (Å²) >= 11 is 0. The van der Waals surface area contributed by atoms with Crippen LogP contribution in [0.2, 0.25) is 0 Å². The molecule has 0 rings (SSSR count). The topological polar surface area (TPSA) is 111 Å². The van der Waals surface area contributed by atoms with Gasteiger partial charge in [0, 0.05) is 12.8 Å². The second-order valence-electron chi connectivity index (χ2n) is 26.6. The number of hydrogen-bond acceptors (Lipinski definition) is 8. The average Bonchev–Trinajstić information content (AvgIpc) is 2.34. The molecule has 0 aromatic rings. The summed E-state index contributed by atoms with van der Waals surface area (Å²) in [6, 6.07) is 0. The molecule has 0 aromatic carbocycles. The lowest BCUT2D eigenvalue weighted by molar-refractivity contribution is -0.870. The smallest absolute Gasteiger partial charge is 0.306 e. The molecule has 9 nitrogen and oxygen atoms in total. The van der Waals surface area contributed by atoms with Gasteiger partial charge >= 0.3 is 11.9 Å². The van der Waals surface area contributed by atoms with Gasteiger partial charge in [0.05, 0.1) is 27.7 Å². The van der Waals surface area contributed by atoms with Crippen LogP contribution < -0.4 is 4.89 Å². The minimum atomic E-state index is -4.65. The molecular formula is C82H144NO8P. The number of carbonyl (C=O) groups is 2. The molecule has 0 heterocycles. The number of phosphoric acid groups is 1. The highest BCUT2D eigenvalue weighted by atomic mass is 31.2. The molecule has 0 aromatic heterocycles. The standard InChI is InChI=1S/C82H144NO8P/c1-6-8-10-12-14-16-18-20-22-24-26-28-30-32-34-36-38-39-40-41-42-43-45-47-49-51-53-55-57-59-61-63-65-67-69-71-73-75-82(85)91-80(79-90-92(86,87)89-77-76-83(3,4)5)78-88-81(84)74-72-70-68-66-64-62-60-58-56-54-52-50-48-46-44-37-35-33-31-29-27-25-23-21-19-17-15-13-11-9-7-2/h8,10,14,16,20,22,25-28,32,34,38-39,41-42,45,47,51,53,80H,6-7,9,11-13,15,17-19,21,23-24,29-31,33,35-37,40,43-44,46,48-50,52,54-79H2,1-5H3/b10-8-,16-14-,22-20-,27-25-,28-26-,34-32-,39-38-,42-41-,47-45-,53-51-. The number of allylic oxidation sites excluding steroid dienone is 20. The molecule has 0 saturated carbocycles. The van der Waals surface area contributed by atoms with Crippen LogP contribution in [-0.4, -0.2) is 70.0 Å². The monoisotopic (exact) mass is 1300 g/mol. The lowest BCUT2D eigenvalue weighted by Crippen LogP contribution is -2.37. The first-order valence-electron chi connectivity index (χ1n) is 38.2. The zero-order valence-electron chi connectivity index (χ0n) is 60.5. The molecule has 0 saturated heterocycles. The zero-order chi connectivity index (χ0) is 66.9. The van der Waals surface area contributed by atoms with Crippen molar-refractivity contribution in [3.8, 4) is 0 Å². The number of rotatable bonds is 70. The molecule has 0 aliphatic rings. The fourth-order valence-corrected chi connectivity index (χ4v) is 11.4. The van der Waals surface area contributed by atoms with Crippen LogP contribution in [0.4, 0.5) is 0 Å². The second-order valence-corrected chi connectivity index (χ2v) is 28.0. The summed E-state index contributed by atoms with van der Waals surface area (Å²) in [5, 5.41) is 0. The van der Waals surface area contributed by atoms with Crippen molar-refractivity contribution in [1.82, 2.24) is 0 Å². The van der Waals surface area contributed by atoms with E-state index in [0.29, 0.717) is 17.4 Å². The summed E-state index contributed by atoms with van der Waals surface area (Å²) in [6.45, 7) is 4.15. The molecule has 0 aliphatic carbocycles. The number of carbonyl (C=O) groups excluding carboxylic acids is 2. The maximum atomic E-state index is 12.9. The van der Waals surface area contributed by atoms with Crippen LogP contribution in [0.1, 0.15) is 335 Å². The van der Waals surface area contributed by atoms with Gasteiger partial charge in [-0.25, -0.2) is 0 Å². The number of unbranched alkanes of at least 4 members (excludes halogenated alkanes) is 36. The van der Waals surface area contributed by atoms with E-state index in [4.69, 9.17) is 18.5 Å². The van der Waals surface area contributed by atoms with Gasteiger partial charge in [0.15, 0.2) is 6.10 Å². The number of esters is 2. The van der Waals surface area contributed by atoms with Crippen molar-refractivity contribution in [2.75, 3.05) is 47.5 Å². The van der Waals surface area contributed by atoms with E-state index in [1.54, 1.807) is 0 Å². The molecule has 2 unspecified atom stereocenters. The fourth-order valence-electron chi connectivity index (χ4n) is 10.6. The van der Waals surface area contributed by atoms with E-state index < -0.39 is 26.5 Å². The van der Waals surface area contributed by atoms with Gasteiger partial charge in [0.1, 0.15) is 19.8 Å². The predicted molar refractivity (Wildman–Crippen MR) is 397 cm³/mol. The number of phosphoric ester groups is 1. The van der Waals surface area contributed by atoms with Crippen molar-refractivity contribution in [1.29, 1.82) is 0 Å². The van der Waals surface area contributed by atoms with Gasteiger partial charge in [-0.1, -0.05) is 334 Å². The van der Waals surface area contributed by atoms with E-state index >= 15 is 0 Å². The van der Waals surface area contributed by atoms with Crippen LogP contribution in [-0.2, 0) is 32.7 Å². The lowest BCUT2D eigenvalue weighted by Gasteiger charge is -2.28. The highest BCUT2D eigenvalue weighted by molar-refractivity contribution is 7.45. The normalized spacial score (nSPS) is 13.8. The molecule has 2 atom stereocenters. The van der Waals surface area contributed by atoms with Crippen molar-refractivity contribution in [3.63, 3.8) is 0 Å². The summed E-state index contributed by atoms with van der Waals surface area (Å²) in [4.78, 5) is 38.1. The number of ether oxygens (including phenoxy) is 2. The first kappa shape index (κ1) is 88.4. The first-order valence-corrected chi connectivity index (χ1v) is 39.7. The van der Waals surface area contributed by atoms with Crippen molar-refractivity contribution in [3.05, 3.63) is 122 Å². The van der Waals surface area contributed by atoms with Crippen LogP contribution in [0.3, 0.4) is 0 Å². The Morgan fingerprint density at radius 1 is 0.348 bits per heavy atom. The third kappa shape index (κ3) is 75.4. The Hall–Kier alpha value is -3.59. The molecule has 0 spiro atoms.